The Morgan fingerprint density at radius 2 is 2.03 bits per heavy atom. The largest absolute Gasteiger partial charge is 0.481 e. The Kier molecular flexibility index (Phi) is 6.53. The zero-order valence-corrected chi connectivity index (χ0v) is 21.4. The van der Waals surface area contributed by atoms with E-state index in [4.69, 9.17) is 15.0 Å². The second kappa shape index (κ2) is 9.34. The number of aromatic nitrogens is 3. The van der Waals surface area contributed by atoms with Crippen LogP contribution in [0.4, 0.5) is 0 Å². The molecule has 5 unspecified atom stereocenters. The summed E-state index contributed by atoms with van der Waals surface area (Å²) in [5.74, 6) is 2.15. The van der Waals surface area contributed by atoms with Crippen LogP contribution < -0.4 is 11.1 Å². The summed E-state index contributed by atoms with van der Waals surface area (Å²) in [7, 11) is -0.446. The summed E-state index contributed by atoms with van der Waals surface area (Å²) in [5.41, 5.74) is 6.65. The fraction of sp³-hybridized carbons (Fsp3) is 0.654. The van der Waals surface area contributed by atoms with Crippen molar-refractivity contribution in [2.45, 2.75) is 84.0 Å². The first-order valence-corrected chi connectivity index (χ1v) is 13.0. The van der Waals surface area contributed by atoms with Crippen LogP contribution in [-0.2, 0) is 20.6 Å². The van der Waals surface area contributed by atoms with Gasteiger partial charge in [-0.2, -0.15) is 5.10 Å². The number of benzene rings is 1. The van der Waals surface area contributed by atoms with Crippen molar-refractivity contribution in [3.8, 4) is 11.4 Å². The topological polar surface area (TPSA) is 104 Å². The van der Waals surface area contributed by atoms with E-state index in [0.29, 0.717) is 30.0 Å². The van der Waals surface area contributed by atoms with Gasteiger partial charge in [-0.05, 0) is 63.3 Å². The number of hydrogen-bond donors (Lipinski definition) is 2. The van der Waals surface area contributed by atoms with Crippen LogP contribution in [0, 0.1) is 24.2 Å². The number of unbranched alkanes of at least 4 members (excludes halogenated alkanes) is 1. The Bertz CT molecular complexity index is 1060. The van der Waals surface area contributed by atoms with Crippen LogP contribution in [-0.4, -0.2) is 52.0 Å². The fourth-order valence-electron chi connectivity index (χ4n) is 6.52. The van der Waals surface area contributed by atoms with E-state index < -0.39 is 7.12 Å². The maximum absolute atomic E-state index is 13.1. The summed E-state index contributed by atoms with van der Waals surface area (Å²) in [6.07, 6.45) is 4.89. The Morgan fingerprint density at radius 1 is 1.26 bits per heavy atom. The number of aryl methyl sites for hydroxylation is 1. The van der Waals surface area contributed by atoms with Crippen molar-refractivity contribution >= 4 is 13.0 Å². The van der Waals surface area contributed by atoms with E-state index in [9.17, 15) is 4.79 Å². The molecular formula is C26H38BN5O3. The van der Waals surface area contributed by atoms with Crippen molar-refractivity contribution in [3.05, 3.63) is 36.2 Å². The monoisotopic (exact) mass is 479 g/mol. The van der Waals surface area contributed by atoms with Crippen LogP contribution in [0.2, 0.25) is 0 Å². The number of carbonyl (C=O) groups excluding carboxylic acids is 1. The van der Waals surface area contributed by atoms with Gasteiger partial charge in [0.2, 0.25) is 5.91 Å². The van der Waals surface area contributed by atoms with Crippen LogP contribution in [0.3, 0.4) is 0 Å². The summed E-state index contributed by atoms with van der Waals surface area (Å²) in [5, 5.41) is 7.77. The number of nitrogens with zero attached hydrogens (tertiary/aromatic N) is 3. The lowest BCUT2D eigenvalue weighted by molar-refractivity contribution is -0.199. The second-order valence-corrected chi connectivity index (χ2v) is 11.3. The summed E-state index contributed by atoms with van der Waals surface area (Å²) in [4.78, 5) is 17.7. The third-order valence-electron chi connectivity index (χ3n) is 8.80. The molecule has 0 radical (unpaired) electrons. The van der Waals surface area contributed by atoms with Crippen molar-refractivity contribution in [1.29, 1.82) is 0 Å². The predicted molar refractivity (Wildman–Crippen MR) is 135 cm³/mol. The Balaban J connectivity index is 1.27. The highest BCUT2D eigenvalue weighted by Crippen LogP contribution is 2.65. The van der Waals surface area contributed by atoms with Crippen LogP contribution in [0.1, 0.15) is 58.7 Å². The van der Waals surface area contributed by atoms with Crippen molar-refractivity contribution in [1.82, 2.24) is 20.1 Å². The van der Waals surface area contributed by atoms with E-state index in [1.807, 2.05) is 37.3 Å². The molecule has 5 atom stereocenters. The molecule has 6 rings (SSSR count). The zero-order valence-electron chi connectivity index (χ0n) is 21.4. The van der Waals surface area contributed by atoms with Gasteiger partial charge in [0, 0.05) is 5.56 Å². The average molecular weight is 479 g/mol. The van der Waals surface area contributed by atoms with E-state index in [1.165, 1.54) is 6.42 Å². The quantitative estimate of drug-likeness (QED) is 0.423. The predicted octanol–water partition coefficient (Wildman–Crippen LogP) is 3.13. The van der Waals surface area contributed by atoms with E-state index in [0.717, 1.165) is 31.2 Å². The van der Waals surface area contributed by atoms with E-state index in [2.05, 4.69) is 36.2 Å². The standard InChI is InChI=1S/C26H38BN5O3/c1-17-29-24(18-10-6-5-7-11-18)31-32(17)16-23(33)30-22(12-8-9-13-28)27-34-21-15-19-14-20(25(19,2)3)26(21,4)35-27/h5-7,10-11,19-22H,8-9,12-16,28H2,1-4H3,(H,30,33). The van der Waals surface area contributed by atoms with Crippen LogP contribution in [0.15, 0.2) is 30.3 Å². The molecule has 2 heterocycles. The second-order valence-electron chi connectivity index (χ2n) is 11.3. The van der Waals surface area contributed by atoms with Crippen molar-refractivity contribution in [2.24, 2.45) is 23.0 Å². The molecule has 1 aromatic heterocycles. The molecule has 8 nitrogen and oxygen atoms in total. The van der Waals surface area contributed by atoms with Crippen LogP contribution in [0.25, 0.3) is 11.4 Å². The molecule has 1 saturated heterocycles. The smallest absolute Gasteiger partial charge is 0.404 e. The molecule has 3 N–H and O–H groups in total. The van der Waals surface area contributed by atoms with Gasteiger partial charge in [0.05, 0.1) is 17.6 Å². The molecule has 9 heteroatoms. The Labute approximate surface area is 208 Å². The number of nitrogens with one attached hydrogen (secondary N) is 1. The van der Waals surface area contributed by atoms with Gasteiger partial charge in [-0.25, -0.2) is 9.67 Å². The van der Waals surface area contributed by atoms with Crippen molar-refractivity contribution in [3.63, 3.8) is 0 Å². The zero-order chi connectivity index (χ0) is 24.8. The Hall–Kier alpha value is -2.23. The van der Waals surface area contributed by atoms with Gasteiger partial charge in [0.15, 0.2) is 5.82 Å². The minimum atomic E-state index is -0.446. The van der Waals surface area contributed by atoms with Gasteiger partial charge in [-0.15, -0.1) is 0 Å². The molecule has 4 aliphatic rings. The van der Waals surface area contributed by atoms with Gasteiger partial charge < -0.3 is 20.4 Å². The first-order chi connectivity index (χ1) is 16.7. The van der Waals surface area contributed by atoms with E-state index in [1.54, 1.807) is 4.68 Å². The molecular weight excluding hydrogens is 441 g/mol. The molecule has 1 aromatic carbocycles. The summed E-state index contributed by atoms with van der Waals surface area (Å²) >= 11 is 0. The summed E-state index contributed by atoms with van der Waals surface area (Å²) in [6.45, 7) is 9.52. The molecule has 1 aliphatic heterocycles. The number of nitrogens with two attached hydrogens (primary N) is 1. The number of hydrogen-bond acceptors (Lipinski definition) is 6. The van der Waals surface area contributed by atoms with Gasteiger partial charge in [0.25, 0.3) is 0 Å². The third-order valence-corrected chi connectivity index (χ3v) is 8.80. The molecule has 188 valence electrons. The highest BCUT2D eigenvalue weighted by molar-refractivity contribution is 6.47. The van der Waals surface area contributed by atoms with Gasteiger partial charge in [-0.3, -0.25) is 4.79 Å². The number of carbonyl (C=O) groups is 1. The lowest BCUT2D eigenvalue weighted by Gasteiger charge is -2.64. The minimum absolute atomic E-state index is 0.0872. The maximum atomic E-state index is 13.1. The maximum Gasteiger partial charge on any atom is 0.481 e. The molecule has 35 heavy (non-hydrogen) atoms. The molecule has 1 amide bonds. The minimum Gasteiger partial charge on any atom is -0.404 e. The van der Waals surface area contributed by atoms with Gasteiger partial charge in [-0.1, -0.05) is 50.6 Å². The van der Waals surface area contributed by atoms with Crippen molar-refractivity contribution in [2.75, 3.05) is 6.54 Å². The van der Waals surface area contributed by atoms with Crippen LogP contribution >= 0.6 is 0 Å². The van der Waals surface area contributed by atoms with E-state index >= 15 is 0 Å². The number of amides is 1. The highest BCUT2D eigenvalue weighted by atomic mass is 16.7. The molecule has 3 aliphatic carbocycles. The lowest BCUT2D eigenvalue weighted by Crippen LogP contribution is -2.65. The van der Waals surface area contributed by atoms with Gasteiger partial charge >= 0.3 is 7.12 Å². The first kappa shape index (κ1) is 24.5. The van der Waals surface area contributed by atoms with Crippen molar-refractivity contribution < 1.29 is 14.1 Å². The van der Waals surface area contributed by atoms with Crippen LogP contribution in [0.5, 0.6) is 0 Å². The SMILES string of the molecule is Cc1nc(-c2ccccc2)nn1CC(=O)NC(CCCCN)B1OC2CC3CC(C3(C)C)C2(C)O1. The average Bonchev–Trinajstić information content (AvgIpc) is 3.38. The molecule has 2 aromatic rings. The first-order valence-electron chi connectivity index (χ1n) is 13.0. The molecule has 3 saturated carbocycles. The Morgan fingerprint density at radius 3 is 2.74 bits per heavy atom. The lowest BCUT2D eigenvalue weighted by atomic mass is 9.43. The van der Waals surface area contributed by atoms with E-state index in [-0.39, 0.29) is 35.5 Å². The normalized spacial score (nSPS) is 29.4. The number of rotatable bonds is 9. The summed E-state index contributed by atoms with van der Waals surface area (Å²) in [6, 6.07) is 9.80. The molecule has 0 spiro atoms. The third kappa shape index (κ3) is 4.43. The van der Waals surface area contributed by atoms with Gasteiger partial charge in [0.1, 0.15) is 12.4 Å². The summed E-state index contributed by atoms with van der Waals surface area (Å²) < 4.78 is 14.8. The fourth-order valence-corrected chi connectivity index (χ4v) is 6.52. The highest BCUT2D eigenvalue weighted by Gasteiger charge is 2.68. The molecule has 4 fully saturated rings. The molecule has 2 bridgehead atoms.